The fraction of sp³-hybridized carbons (Fsp3) is 0.917. The van der Waals surface area contributed by atoms with Crippen molar-refractivity contribution in [1.82, 2.24) is 5.32 Å². The molecule has 0 spiro atoms. The summed E-state index contributed by atoms with van der Waals surface area (Å²) >= 11 is 0. The molecular weight excluding hydrogens is 204 g/mol. The van der Waals surface area contributed by atoms with Crippen LogP contribution in [0.1, 0.15) is 46.0 Å². The number of carbonyl (C=O) groups excluding carboxylic acids is 1. The van der Waals surface area contributed by atoms with Gasteiger partial charge in [0.2, 0.25) is 5.91 Å². The van der Waals surface area contributed by atoms with E-state index in [0.29, 0.717) is 0 Å². The molecule has 1 aliphatic carbocycles. The molecule has 0 aliphatic heterocycles. The third-order valence-corrected chi connectivity index (χ3v) is 3.33. The number of carbonyl (C=O) groups is 1. The van der Waals surface area contributed by atoms with E-state index in [0.717, 1.165) is 32.1 Å². The summed E-state index contributed by atoms with van der Waals surface area (Å²) in [5.41, 5.74) is 5.77. The highest BCUT2D eigenvalue weighted by molar-refractivity contribution is 5.82. The molecule has 0 radical (unpaired) electrons. The van der Waals surface area contributed by atoms with Crippen LogP contribution in [0.15, 0.2) is 0 Å². The normalized spacial score (nSPS) is 28.6. The van der Waals surface area contributed by atoms with Crippen molar-refractivity contribution < 1.29 is 9.90 Å². The van der Waals surface area contributed by atoms with Crippen molar-refractivity contribution in [3.05, 3.63) is 0 Å². The predicted molar refractivity (Wildman–Crippen MR) is 63.8 cm³/mol. The number of nitrogens with one attached hydrogen (secondary N) is 1. The lowest BCUT2D eigenvalue weighted by Crippen LogP contribution is -2.51. The standard InChI is InChI=1S/C12H24N2O2/c1-8(2)11(13)12(16)14-9-6-4-3-5-7-10(9)15/h8-11,15H,3-7,13H2,1-2H3,(H,14,16)/t9?,10?,11-/m0/s1. The van der Waals surface area contributed by atoms with Gasteiger partial charge in [0.05, 0.1) is 18.2 Å². The molecule has 0 aromatic carbocycles. The van der Waals surface area contributed by atoms with Crippen molar-refractivity contribution in [2.45, 2.75) is 64.1 Å². The van der Waals surface area contributed by atoms with Gasteiger partial charge in [0, 0.05) is 0 Å². The van der Waals surface area contributed by atoms with Crippen molar-refractivity contribution in [3.8, 4) is 0 Å². The first-order chi connectivity index (χ1) is 7.52. The third kappa shape index (κ3) is 3.76. The van der Waals surface area contributed by atoms with Crippen molar-refractivity contribution in [2.24, 2.45) is 11.7 Å². The van der Waals surface area contributed by atoms with Crippen molar-refractivity contribution >= 4 is 5.91 Å². The molecule has 4 heteroatoms. The monoisotopic (exact) mass is 228 g/mol. The number of hydrogen-bond donors (Lipinski definition) is 3. The number of aliphatic hydroxyl groups excluding tert-OH is 1. The number of rotatable bonds is 3. The van der Waals surface area contributed by atoms with E-state index in [9.17, 15) is 9.90 Å². The molecule has 1 rings (SSSR count). The second kappa shape index (κ2) is 6.21. The van der Waals surface area contributed by atoms with Gasteiger partial charge in [-0.15, -0.1) is 0 Å². The van der Waals surface area contributed by atoms with Gasteiger partial charge in [-0.1, -0.05) is 33.1 Å². The quantitative estimate of drug-likeness (QED) is 0.625. The Bertz CT molecular complexity index is 231. The molecule has 1 fully saturated rings. The number of aliphatic hydroxyl groups is 1. The first kappa shape index (κ1) is 13.5. The van der Waals surface area contributed by atoms with E-state index >= 15 is 0 Å². The van der Waals surface area contributed by atoms with Crippen LogP contribution in [0, 0.1) is 5.92 Å². The largest absolute Gasteiger partial charge is 0.391 e. The Morgan fingerprint density at radius 2 is 1.94 bits per heavy atom. The lowest BCUT2D eigenvalue weighted by Gasteiger charge is -2.24. The number of amides is 1. The Balaban J connectivity index is 2.48. The van der Waals surface area contributed by atoms with E-state index in [1.165, 1.54) is 0 Å². The first-order valence-corrected chi connectivity index (χ1v) is 6.26. The molecule has 4 nitrogen and oxygen atoms in total. The Morgan fingerprint density at radius 1 is 1.31 bits per heavy atom. The zero-order valence-electron chi connectivity index (χ0n) is 10.3. The molecular formula is C12H24N2O2. The molecule has 1 amide bonds. The Hall–Kier alpha value is -0.610. The van der Waals surface area contributed by atoms with Gasteiger partial charge in [0.15, 0.2) is 0 Å². The van der Waals surface area contributed by atoms with E-state index in [2.05, 4.69) is 5.32 Å². The average molecular weight is 228 g/mol. The topological polar surface area (TPSA) is 75.4 Å². The lowest BCUT2D eigenvalue weighted by molar-refractivity contribution is -0.124. The van der Waals surface area contributed by atoms with Crippen LogP contribution in [0.5, 0.6) is 0 Å². The van der Waals surface area contributed by atoms with Crippen LogP contribution in [0.4, 0.5) is 0 Å². The molecule has 0 aromatic heterocycles. The molecule has 16 heavy (non-hydrogen) atoms. The minimum Gasteiger partial charge on any atom is -0.391 e. The fourth-order valence-corrected chi connectivity index (χ4v) is 2.04. The molecule has 94 valence electrons. The maximum absolute atomic E-state index is 11.8. The van der Waals surface area contributed by atoms with Crippen LogP contribution in [0.25, 0.3) is 0 Å². The smallest absolute Gasteiger partial charge is 0.237 e. The minimum absolute atomic E-state index is 0.111. The molecule has 0 heterocycles. The zero-order chi connectivity index (χ0) is 12.1. The minimum atomic E-state index is -0.476. The Morgan fingerprint density at radius 3 is 2.56 bits per heavy atom. The second-order valence-corrected chi connectivity index (χ2v) is 5.09. The van der Waals surface area contributed by atoms with E-state index in [4.69, 9.17) is 5.73 Å². The maximum Gasteiger partial charge on any atom is 0.237 e. The molecule has 3 atom stereocenters. The Kier molecular flexibility index (Phi) is 5.22. The van der Waals surface area contributed by atoms with Gasteiger partial charge in [0.1, 0.15) is 0 Å². The van der Waals surface area contributed by atoms with Crippen molar-refractivity contribution in [3.63, 3.8) is 0 Å². The Labute approximate surface area is 97.6 Å². The summed E-state index contributed by atoms with van der Waals surface area (Å²) in [5.74, 6) is -0.0103. The molecule has 1 saturated carbocycles. The summed E-state index contributed by atoms with van der Waals surface area (Å²) in [6.45, 7) is 3.85. The van der Waals surface area contributed by atoms with Crippen LogP contribution in [0.3, 0.4) is 0 Å². The summed E-state index contributed by atoms with van der Waals surface area (Å²) in [7, 11) is 0. The summed E-state index contributed by atoms with van der Waals surface area (Å²) in [4.78, 5) is 11.8. The summed E-state index contributed by atoms with van der Waals surface area (Å²) in [6, 6.07) is -0.588. The lowest BCUT2D eigenvalue weighted by atomic mass is 10.0. The van der Waals surface area contributed by atoms with Crippen LogP contribution in [-0.4, -0.2) is 29.2 Å². The van der Waals surface area contributed by atoms with Crippen molar-refractivity contribution in [2.75, 3.05) is 0 Å². The van der Waals surface area contributed by atoms with E-state index in [1.807, 2.05) is 13.8 Å². The summed E-state index contributed by atoms with van der Waals surface area (Å²) in [5, 5.41) is 12.7. The van der Waals surface area contributed by atoms with E-state index < -0.39 is 12.1 Å². The van der Waals surface area contributed by atoms with Crippen LogP contribution in [0.2, 0.25) is 0 Å². The van der Waals surface area contributed by atoms with Gasteiger partial charge in [-0.25, -0.2) is 0 Å². The average Bonchev–Trinajstić information content (AvgIpc) is 2.43. The highest BCUT2D eigenvalue weighted by atomic mass is 16.3. The van der Waals surface area contributed by atoms with Gasteiger partial charge < -0.3 is 16.2 Å². The van der Waals surface area contributed by atoms with Gasteiger partial charge in [-0.3, -0.25) is 4.79 Å². The van der Waals surface area contributed by atoms with Crippen LogP contribution < -0.4 is 11.1 Å². The highest BCUT2D eigenvalue weighted by Gasteiger charge is 2.26. The van der Waals surface area contributed by atoms with E-state index in [1.54, 1.807) is 0 Å². The SMILES string of the molecule is CC(C)[C@H](N)C(=O)NC1CCCCCC1O. The zero-order valence-corrected chi connectivity index (χ0v) is 10.3. The third-order valence-electron chi connectivity index (χ3n) is 3.33. The van der Waals surface area contributed by atoms with Crippen molar-refractivity contribution in [1.29, 1.82) is 0 Å². The molecule has 1 aliphatic rings. The van der Waals surface area contributed by atoms with Gasteiger partial charge in [0.25, 0.3) is 0 Å². The molecule has 0 bridgehead atoms. The number of hydrogen-bond acceptors (Lipinski definition) is 3. The molecule has 0 saturated heterocycles. The first-order valence-electron chi connectivity index (χ1n) is 6.26. The van der Waals surface area contributed by atoms with Crippen LogP contribution in [-0.2, 0) is 4.79 Å². The highest BCUT2D eigenvalue weighted by Crippen LogP contribution is 2.18. The molecule has 4 N–H and O–H groups in total. The molecule has 0 aromatic rings. The van der Waals surface area contributed by atoms with Gasteiger partial charge in [-0.05, 0) is 18.8 Å². The summed E-state index contributed by atoms with van der Waals surface area (Å²) < 4.78 is 0. The number of nitrogens with two attached hydrogens (primary N) is 1. The van der Waals surface area contributed by atoms with Gasteiger partial charge >= 0.3 is 0 Å². The van der Waals surface area contributed by atoms with E-state index in [-0.39, 0.29) is 17.9 Å². The fourth-order valence-electron chi connectivity index (χ4n) is 2.04. The predicted octanol–water partition coefficient (Wildman–Crippen LogP) is 0.779. The summed E-state index contributed by atoms with van der Waals surface area (Å²) in [6.07, 6.45) is 4.48. The second-order valence-electron chi connectivity index (χ2n) is 5.09. The van der Waals surface area contributed by atoms with Crippen LogP contribution >= 0.6 is 0 Å². The maximum atomic E-state index is 11.8. The van der Waals surface area contributed by atoms with Gasteiger partial charge in [-0.2, -0.15) is 0 Å². The molecule has 2 unspecified atom stereocenters.